The van der Waals surface area contributed by atoms with Crippen LogP contribution in [-0.4, -0.2) is 50.9 Å². The molecule has 0 atom stereocenters. The Morgan fingerprint density at radius 3 is 1.36 bits per heavy atom. The van der Waals surface area contributed by atoms with Gasteiger partial charge in [-0.1, -0.05) is 6.92 Å². The maximum Gasteiger partial charge on any atom is 0.503 e. The van der Waals surface area contributed by atoms with E-state index in [1.54, 1.807) is 6.92 Å². The summed E-state index contributed by atoms with van der Waals surface area (Å²) < 4.78 is 0. The molecule has 0 aromatic carbocycles. The smallest absolute Gasteiger partial charge is 0.481 e. The van der Waals surface area contributed by atoms with Crippen LogP contribution in [0.15, 0.2) is 0 Å². The molecule has 0 spiro atoms. The number of carboxylic acid groups (broad SMARTS) is 3. The number of carbonyl (C=O) groups is 2. The first-order valence-electron chi connectivity index (χ1n) is 3.73. The van der Waals surface area contributed by atoms with Crippen LogP contribution in [0.25, 0.3) is 0 Å². The van der Waals surface area contributed by atoms with Gasteiger partial charge in [0.15, 0.2) is 0 Å². The average molecular weight is 210 g/mol. The van der Waals surface area contributed by atoms with Crippen molar-refractivity contribution in [1.29, 1.82) is 0 Å². The van der Waals surface area contributed by atoms with Crippen molar-refractivity contribution < 1.29 is 35.1 Å². The molecule has 84 valence electrons. The summed E-state index contributed by atoms with van der Waals surface area (Å²) in [4.78, 5) is 19.0. The molecule has 0 saturated heterocycles. The third-order valence-electron chi connectivity index (χ3n) is 1.74. The number of hydrogen-bond acceptors (Lipinski definition) is 4. The molecule has 7 nitrogen and oxygen atoms in total. The maximum atomic E-state index is 10.4. The fourth-order valence-corrected chi connectivity index (χ4v) is 0.560. The zero-order valence-corrected chi connectivity index (χ0v) is 7.67. The van der Waals surface area contributed by atoms with E-state index in [0.717, 1.165) is 0 Å². The molecule has 0 radical (unpaired) electrons. The summed E-state index contributed by atoms with van der Waals surface area (Å²) in [7, 11) is 0. The molecule has 0 aliphatic heterocycles. The minimum absolute atomic E-state index is 0.231. The van der Waals surface area contributed by atoms with Crippen molar-refractivity contribution in [3.63, 3.8) is 0 Å². The Hall–Kier alpha value is -1.34. The Kier molecular flexibility index (Phi) is 7.68. The molecule has 0 bridgehead atoms. The van der Waals surface area contributed by atoms with Crippen LogP contribution in [0.3, 0.4) is 0 Å². The molecule has 5 N–H and O–H groups in total. The van der Waals surface area contributed by atoms with E-state index in [1.807, 2.05) is 0 Å². The summed E-state index contributed by atoms with van der Waals surface area (Å²) in [6.45, 7) is 0.575. The molecule has 0 amide bonds. The highest BCUT2D eigenvalue weighted by Gasteiger charge is 2.35. The number of carboxylic acids is 1. The predicted molar refractivity (Wildman–Crippen MR) is 45.2 cm³/mol. The third-order valence-corrected chi connectivity index (χ3v) is 1.74. The molecule has 0 fully saturated rings. The van der Waals surface area contributed by atoms with Gasteiger partial charge in [0, 0.05) is 0 Å². The van der Waals surface area contributed by atoms with Gasteiger partial charge >= 0.3 is 12.1 Å². The van der Waals surface area contributed by atoms with Crippen molar-refractivity contribution in [2.24, 2.45) is 5.41 Å². The lowest BCUT2D eigenvalue weighted by Crippen LogP contribution is -2.37. The summed E-state index contributed by atoms with van der Waals surface area (Å²) in [6.07, 6.45) is -1.60. The van der Waals surface area contributed by atoms with Gasteiger partial charge in [-0.05, 0) is 6.42 Å². The fourth-order valence-electron chi connectivity index (χ4n) is 0.560. The summed E-state index contributed by atoms with van der Waals surface area (Å²) in [5.74, 6) is -1.15. The van der Waals surface area contributed by atoms with E-state index in [-0.39, 0.29) is 6.42 Å². The van der Waals surface area contributed by atoms with Gasteiger partial charge in [0.1, 0.15) is 5.41 Å². The van der Waals surface area contributed by atoms with Gasteiger partial charge in [-0.15, -0.1) is 0 Å². The SMILES string of the molecule is CCC(CO)(CO)C(=O)O.O=C(O)O. The summed E-state index contributed by atoms with van der Waals surface area (Å²) in [5, 5.41) is 39.7. The second-order valence-corrected chi connectivity index (χ2v) is 2.54. The monoisotopic (exact) mass is 210 g/mol. The Morgan fingerprint density at radius 2 is 1.36 bits per heavy atom. The lowest BCUT2D eigenvalue weighted by atomic mass is 9.87. The first-order chi connectivity index (χ1) is 6.36. The highest BCUT2D eigenvalue weighted by molar-refractivity contribution is 5.74. The van der Waals surface area contributed by atoms with Gasteiger partial charge in [0.2, 0.25) is 0 Å². The van der Waals surface area contributed by atoms with Gasteiger partial charge in [-0.2, -0.15) is 0 Å². The van der Waals surface area contributed by atoms with Crippen molar-refractivity contribution in [3.8, 4) is 0 Å². The van der Waals surface area contributed by atoms with E-state index in [9.17, 15) is 4.79 Å². The topological polar surface area (TPSA) is 135 Å². The molecule has 0 aliphatic rings. The van der Waals surface area contributed by atoms with Crippen molar-refractivity contribution >= 4 is 12.1 Å². The van der Waals surface area contributed by atoms with Crippen molar-refractivity contribution in [2.45, 2.75) is 13.3 Å². The molecule has 0 saturated carbocycles. The minimum atomic E-state index is -1.83. The van der Waals surface area contributed by atoms with Crippen LogP contribution in [0.2, 0.25) is 0 Å². The fraction of sp³-hybridized carbons (Fsp3) is 0.714. The van der Waals surface area contributed by atoms with Gasteiger partial charge in [0.25, 0.3) is 0 Å². The molecule has 0 aliphatic carbocycles. The Labute approximate surface area is 80.2 Å². The summed E-state index contributed by atoms with van der Waals surface area (Å²) in [6, 6.07) is 0. The predicted octanol–water partition coefficient (Wildman–Crippen LogP) is -0.326. The first-order valence-corrected chi connectivity index (χ1v) is 3.73. The number of aliphatic hydroxyl groups is 2. The molecular weight excluding hydrogens is 196 g/mol. The molecule has 0 heterocycles. The third kappa shape index (κ3) is 5.33. The van der Waals surface area contributed by atoms with Crippen LogP contribution in [0.1, 0.15) is 13.3 Å². The van der Waals surface area contributed by atoms with Crippen molar-refractivity contribution in [3.05, 3.63) is 0 Å². The van der Waals surface area contributed by atoms with E-state index >= 15 is 0 Å². The standard InChI is InChI=1S/C6H12O4.CH2O3/c1-2-6(3-7,4-8)5(9)10;2-1(3)4/h7-8H,2-4H2,1H3,(H,9,10);(H2,2,3,4). The van der Waals surface area contributed by atoms with Crippen LogP contribution in [0, 0.1) is 5.41 Å². The lowest BCUT2D eigenvalue weighted by molar-refractivity contribution is -0.154. The Bertz CT molecular complexity index is 172. The molecular formula is C7H14O7. The first kappa shape index (κ1) is 15.1. The van der Waals surface area contributed by atoms with Gasteiger partial charge in [-0.25, -0.2) is 4.79 Å². The molecule has 7 heteroatoms. The number of aliphatic carboxylic acids is 1. The van der Waals surface area contributed by atoms with Crippen LogP contribution < -0.4 is 0 Å². The quantitative estimate of drug-likeness (QED) is 0.428. The largest absolute Gasteiger partial charge is 0.503 e. The molecule has 0 aromatic rings. The molecule has 0 rings (SSSR count). The van der Waals surface area contributed by atoms with E-state index < -0.39 is 30.8 Å². The zero-order chi connectivity index (χ0) is 11.8. The highest BCUT2D eigenvalue weighted by atomic mass is 16.6. The van der Waals surface area contributed by atoms with E-state index in [2.05, 4.69) is 0 Å². The molecule has 14 heavy (non-hydrogen) atoms. The van der Waals surface area contributed by atoms with E-state index in [1.165, 1.54) is 0 Å². The number of aliphatic hydroxyl groups excluding tert-OH is 2. The maximum absolute atomic E-state index is 10.4. The highest BCUT2D eigenvalue weighted by Crippen LogP contribution is 2.19. The normalized spacial score (nSPS) is 9.93. The van der Waals surface area contributed by atoms with Crippen LogP contribution in [0.5, 0.6) is 0 Å². The summed E-state index contributed by atoms with van der Waals surface area (Å²) >= 11 is 0. The Balaban J connectivity index is 0. The second-order valence-electron chi connectivity index (χ2n) is 2.54. The van der Waals surface area contributed by atoms with Gasteiger partial charge in [-0.3, -0.25) is 4.79 Å². The number of hydrogen-bond donors (Lipinski definition) is 5. The van der Waals surface area contributed by atoms with E-state index in [0.29, 0.717) is 0 Å². The van der Waals surface area contributed by atoms with Gasteiger partial charge in [0.05, 0.1) is 13.2 Å². The number of rotatable bonds is 4. The van der Waals surface area contributed by atoms with Gasteiger partial charge < -0.3 is 25.5 Å². The van der Waals surface area contributed by atoms with Crippen molar-refractivity contribution in [1.82, 2.24) is 0 Å². The van der Waals surface area contributed by atoms with Crippen LogP contribution in [0.4, 0.5) is 4.79 Å². The molecule has 0 unspecified atom stereocenters. The molecule has 0 aromatic heterocycles. The Morgan fingerprint density at radius 1 is 1.07 bits per heavy atom. The minimum Gasteiger partial charge on any atom is -0.481 e. The van der Waals surface area contributed by atoms with Crippen molar-refractivity contribution in [2.75, 3.05) is 13.2 Å². The van der Waals surface area contributed by atoms with Crippen LogP contribution in [-0.2, 0) is 4.79 Å². The lowest BCUT2D eigenvalue weighted by Gasteiger charge is -2.21. The average Bonchev–Trinajstić information content (AvgIpc) is 2.07. The zero-order valence-electron chi connectivity index (χ0n) is 7.67. The van der Waals surface area contributed by atoms with Crippen LogP contribution >= 0.6 is 0 Å². The summed E-state index contributed by atoms with van der Waals surface area (Å²) in [5.41, 5.74) is -1.35. The van der Waals surface area contributed by atoms with E-state index in [4.69, 9.17) is 30.3 Å². The second kappa shape index (κ2) is 7.10.